The molecule has 0 aliphatic heterocycles. The van der Waals surface area contributed by atoms with Crippen LogP contribution in [0.15, 0.2) is 70.2 Å². The van der Waals surface area contributed by atoms with Crippen molar-refractivity contribution in [3.8, 4) is 11.5 Å². The number of hydrogen-bond donors (Lipinski definition) is 3. The lowest BCUT2D eigenvalue weighted by Crippen LogP contribution is -2.32. The van der Waals surface area contributed by atoms with Crippen molar-refractivity contribution < 1.29 is 23.9 Å². The molecule has 0 saturated heterocycles. The average Bonchev–Trinajstić information content (AvgIpc) is 2.86. The first-order valence-electron chi connectivity index (χ1n) is 10.2. The molecule has 3 aromatic rings. The number of halogens is 3. The molecule has 3 aromatic carbocycles. The number of nitrogens with one attached hydrogen (secondary N) is 3. The lowest BCUT2D eigenvalue weighted by Gasteiger charge is -2.10. The first-order valence-corrected chi connectivity index (χ1v) is 11.8. The quantitative estimate of drug-likeness (QED) is 0.196. The summed E-state index contributed by atoms with van der Waals surface area (Å²) in [5.41, 5.74) is 3.33. The standard InChI is InChI=1S/C24H19BrCl2N4O5/c1-35-17-8-6-16(7-9-17)29-21(32)13-36-20-10-5-15(25)11-14(20)12-28-31-24(34)23(33)30-19-4-2-3-18(26)22(19)27/h2-12H,13H2,1H3,(H,29,32)(H,30,33)(H,31,34)/b28-12-. The minimum atomic E-state index is -1.03. The van der Waals surface area contributed by atoms with E-state index in [-0.39, 0.29) is 28.2 Å². The molecule has 0 spiro atoms. The van der Waals surface area contributed by atoms with Gasteiger partial charge in [0.15, 0.2) is 6.61 Å². The monoisotopic (exact) mass is 592 g/mol. The summed E-state index contributed by atoms with van der Waals surface area (Å²) in [6.07, 6.45) is 1.28. The van der Waals surface area contributed by atoms with Crippen LogP contribution >= 0.6 is 39.1 Å². The van der Waals surface area contributed by atoms with Gasteiger partial charge in [0.25, 0.3) is 5.91 Å². The maximum atomic E-state index is 12.3. The summed E-state index contributed by atoms with van der Waals surface area (Å²) < 4.78 is 11.4. The van der Waals surface area contributed by atoms with Gasteiger partial charge in [-0.25, -0.2) is 5.43 Å². The lowest BCUT2D eigenvalue weighted by molar-refractivity contribution is -0.136. The van der Waals surface area contributed by atoms with E-state index in [1.165, 1.54) is 12.3 Å². The second-order valence-corrected chi connectivity index (χ2v) is 8.70. The Morgan fingerprint density at radius 1 is 1.00 bits per heavy atom. The summed E-state index contributed by atoms with van der Waals surface area (Å²) in [6.45, 7) is -0.274. The first-order chi connectivity index (χ1) is 17.3. The predicted molar refractivity (Wildman–Crippen MR) is 142 cm³/mol. The van der Waals surface area contributed by atoms with E-state index in [4.69, 9.17) is 32.7 Å². The van der Waals surface area contributed by atoms with Crippen LogP contribution in [0.3, 0.4) is 0 Å². The highest BCUT2D eigenvalue weighted by molar-refractivity contribution is 9.10. The molecule has 3 N–H and O–H groups in total. The molecule has 0 aromatic heterocycles. The molecular formula is C24H19BrCl2N4O5. The molecule has 36 heavy (non-hydrogen) atoms. The SMILES string of the molecule is COc1ccc(NC(=O)COc2ccc(Br)cc2/C=N\NC(=O)C(=O)Nc2cccc(Cl)c2Cl)cc1. The van der Waals surface area contributed by atoms with Crippen LogP contribution in [0, 0.1) is 0 Å². The highest BCUT2D eigenvalue weighted by Gasteiger charge is 2.15. The fourth-order valence-electron chi connectivity index (χ4n) is 2.76. The minimum Gasteiger partial charge on any atom is -0.497 e. The molecule has 3 amide bonds. The fourth-order valence-corrected chi connectivity index (χ4v) is 3.48. The Morgan fingerprint density at radius 3 is 2.47 bits per heavy atom. The van der Waals surface area contributed by atoms with E-state index in [1.54, 1.807) is 61.7 Å². The van der Waals surface area contributed by atoms with E-state index in [1.807, 2.05) is 0 Å². The van der Waals surface area contributed by atoms with Gasteiger partial charge in [-0.15, -0.1) is 0 Å². The molecule has 0 aliphatic carbocycles. The number of hydrogen-bond acceptors (Lipinski definition) is 6. The molecule has 0 radical (unpaired) electrons. The summed E-state index contributed by atoms with van der Waals surface area (Å²) in [5, 5.41) is 9.20. The summed E-state index contributed by atoms with van der Waals surface area (Å²) in [4.78, 5) is 36.5. The molecule has 12 heteroatoms. The van der Waals surface area contributed by atoms with Crippen molar-refractivity contribution in [3.63, 3.8) is 0 Å². The van der Waals surface area contributed by atoms with Gasteiger partial charge in [0, 0.05) is 15.7 Å². The van der Waals surface area contributed by atoms with Gasteiger partial charge >= 0.3 is 11.8 Å². The van der Waals surface area contributed by atoms with Crippen molar-refractivity contribution in [1.29, 1.82) is 0 Å². The Hall–Kier alpha value is -3.60. The molecule has 9 nitrogen and oxygen atoms in total. The van der Waals surface area contributed by atoms with Crippen LogP contribution in [-0.2, 0) is 14.4 Å². The number of nitrogens with zero attached hydrogens (tertiary/aromatic N) is 1. The minimum absolute atomic E-state index is 0.107. The zero-order valence-corrected chi connectivity index (χ0v) is 21.8. The molecule has 0 aliphatic rings. The van der Waals surface area contributed by atoms with Crippen LogP contribution in [0.2, 0.25) is 10.0 Å². The maximum absolute atomic E-state index is 12.3. The summed E-state index contributed by atoms with van der Waals surface area (Å²) >= 11 is 15.3. The van der Waals surface area contributed by atoms with Crippen LogP contribution in [0.5, 0.6) is 11.5 Å². The molecule has 0 atom stereocenters. The number of methoxy groups -OCH3 is 1. The van der Waals surface area contributed by atoms with E-state index < -0.39 is 11.8 Å². The van der Waals surface area contributed by atoms with Crippen molar-refractivity contribution in [2.45, 2.75) is 0 Å². The Morgan fingerprint density at radius 2 is 1.75 bits per heavy atom. The lowest BCUT2D eigenvalue weighted by atomic mass is 10.2. The third kappa shape index (κ3) is 7.70. The van der Waals surface area contributed by atoms with Crippen LogP contribution in [0.25, 0.3) is 0 Å². The molecule has 0 saturated carbocycles. The predicted octanol–water partition coefficient (Wildman–Crippen LogP) is 4.87. The number of anilines is 2. The van der Waals surface area contributed by atoms with Crippen LogP contribution in [0.1, 0.15) is 5.56 Å². The normalized spacial score (nSPS) is 10.6. The van der Waals surface area contributed by atoms with Crippen molar-refractivity contribution in [2.24, 2.45) is 5.10 Å². The summed E-state index contributed by atoms with van der Waals surface area (Å²) in [7, 11) is 1.55. The van der Waals surface area contributed by atoms with Crippen molar-refractivity contribution >= 4 is 74.4 Å². The maximum Gasteiger partial charge on any atom is 0.329 e. The van der Waals surface area contributed by atoms with Gasteiger partial charge in [0.2, 0.25) is 0 Å². The molecule has 0 unspecified atom stereocenters. The third-order valence-electron chi connectivity index (χ3n) is 4.48. The molecule has 0 fully saturated rings. The third-order valence-corrected chi connectivity index (χ3v) is 5.79. The van der Waals surface area contributed by atoms with Gasteiger partial charge in [0.05, 0.1) is 29.1 Å². The highest BCUT2D eigenvalue weighted by atomic mass is 79.9. The highest BCUT2D eigenvalue weighted by Crippen LogP contribution is 2.29. The van der Waals surface area contributed by atoms with E-state index >= 15 is 0 Å². The molecule has 186 valence electrons. The first kappa shape index (κ1) is 27.0. The number of amides is 3. The number of carbonyl (C=O) groups is 3. The topological polar surface area (TPSA) is 118 Å². The molecular weight excluding hydrogens is 575 g/mol. The Labute approximate surface area is 224 Å². The van der Waals surface area contributed by atoms with Gasteiger partial charge in [-0.05, 0) is 54.6 Å². The Bertz CT molecular complexity index is 1300. The smallest absolute Gasteiger partial charge is 0.329 e. The Balaban J connectivity index is 1.58. The van der Waals surface area contributed by atoms with E-state index in [0.29, 0.717) is 27.2 Å². The zero-order chi connectivity index (χ0) is 26.1. The summed E-state index contributed by atoms with van der Waals surface area (Å²) in [6, 6.07) is 16.5. The van der Waals surface area contributed by atoms with Gasteiger partial charge in [-0.1, -0.05) is 45.2 Å². The van der Waals surface area contributed by atoms with Gasteiger partial charge in [-0.3, -0.25) is 14.4 Å². The average molecular weight is 594 g/mol. The van der Waals surface area contributed by atoms with E-state index in [2.05, 4.69) is 37.1 Å². The number of rotatable bonds is 8. The Kier molecular flexibility index (Phi) is 9.69. The number of benzene rings is 3. The van der Waals surface area contributed by atoms with Crippen LogP contribution in [-0.4, -0.2) is 37.7 Å². The van der Waals surface area contributed by atoms with E-state index in [9.17, 15) is 14.4 Å². The molecule has 0 heterocycles. The van der Waals surface area contributed by atoms with Crippen molar-refractivity contribution in [2.75, 3.05) is 24.4 Å². The van der Waals surface area contributed by atoms with Gasteiger partial charge in [0.1, 0.15) is 11.5 Å². The van der Waals surface area contributed by atoms with Crippen LogP contribution in [0.4, 0.5) is 11.4 Å². The fraction of sp³-hybridized carbons (Fsp3) is 0.0833. The largest absolute Gasteiger partial charge is 0.497 e. The second kappa shape index (κ2) is 12.9. The van der Waals surface area contributed by atoms with Gasteiger partial charge in [-0.2, -0.15) is 5.10 Å². The summed E-state index contributed by atoms with van der Waals surface area (Å²) in [5.74, 6) is -1.40. The van der Waals surface area contributed by atoms with Crippen LogP contribution < -0.4 is 25.5 Å². The number of hydrazone groups is 1. The number of carbonyl (C=O) groups excluding carboxylic acids is 3. The van der Waals surface area contributed by atoms with Crippen molar-refractivity contribution in [3.05, 3.63) is 80.7 Å². The van der Waals surface area contributed by atoms with Gasteiger partial charge < -0.3 is 20.1 Å². The zero-order valence-electron chi connectivity index (χ0n) is 18.7. The van der Waals surface area contributed by atoms with E-state index in [0.717, 1.165) is 0 Å². The van der Waals surface area contributed by atoms with Crippen molar-refractivity contribution in [1.82, 2.24) is 5.43 Å². The second-order valence-electron chi connectivity index (χ2n) is 7.00. The molecule has 0 bridgehead atoms. The molecule has 3 rings (SSSR count). The number of ether oxygens (including phenoxy) is 2.